The number of thioether (sulfide) groups is 1. The smallest absolute Gasteiger partial charge is 0.0840 e. The summed E-state index contributed by atoms with van der Waals surface area (Å²) in [5.74, 6) is 1.19. The van der Waals surface area contributed by atoms with E-state index in [-0.39, 0.29) is 0 Å². The van der Waals surface area contributed by atoms with Crippen LogP contribution in [0.4, 0.5) is 0 Å². The van der Waals surface area contributed by atoms with Gasteiger partial charge in [-0.05, 0) is 37.5 Å². The summed E-state index contributed by atoms with van der Waals surface area (Å²) in [4.78, 5) is 1.38. The largest absolute Gasteiger partial charge is 0.386 e. The maximum atomic E-state index is 9.81. The molecule has 0 fully saturated rings. The number of aliphatic hydroxyl groups is 1. The molecule has 0 aromatic heterocycles. The Hall–Kier alpha value is -0.470. The normalized spacial score (nSPS) is 15.9. The third-order valence-electron chi connectivity index (χ3n) is 2.40. The van der Waals surface area contributed by atoms with Crippen LogP contribution >= 0.6 is 11.8 Å². The first-order valence-electron chi connectivity index (χ1n) is 4.56. The molecule has 0 saturated carbocycles. The number of hydrogen-bond donors (Lipinski definition) is 1. The maximum Gasteiger partial charge on any atom is 0.0840 e. The monoisotopic (exact) mass is 194 g/mol. The Kier molecular flexibility index (Phi) is 2.12. The first-order chi connectivity index (χ1) is 6.07. The molecule has 0 spiro atoms. The molecule has 0 saturated heterocycles. The minimum atomic E-state index is -0.706. The zero-order valence-corrected chi connectivity index (χ0v) is 8.82. The Morgan fingerprint density at radius 3 is 2.85 bits per heavy atom. The molecule has 1 heterocycles. The van der Waals surface area contributed by atoms with Crippen molar-refractivity contribution in [2.24, 2.45) is 0 Å². The molecule has 0 aliphatic carbocycles. The van der Waals surface area contributed by atoms with E-state index in [0.29, 0.717) is 0 Å². The summed E-state index contributed by atoms with van der Waals surface area (Å²) in [5, 5.41) is 9.81. The van der Waals surface area contributed by atoms with E-state index in [0.717, 1.165) is 12.0 Å². The summed E-state index contributed by atoms with van der Waals surface area (Å²) in [6.45, 7) is 3.66. The molecule has 2 heteroatoms. The second-order valence-electron chi connectivity index (χ2n) is 3.98. The second kappa shape index (κ2) is 3.03. The van der Waals surface area contributed by atoms with Crippen LogP contribution in [0.5, 0.6) is 0 Å². The minimum Gasteiger partial charge on any atom is -0.386 e. The van der Waals surface area contributed by atoms with Crippen LogP contribution in [-0.4, -0.2) is 10.9 Å². The van der Waals surface area contributed by atoms with Gasteiger partial charge in [-0.1, -0.05) is 12.1 Å². The average Bonchev–Trinajstić information content (AvgIpc) is 2.47. The molecular formula is C11H14OS. The lowest BCUT2D eigenvalue weighted by atomic mass is 9.96. The van der Waals surface area contributed by atoms with Crippen molar-refractivity contribution in [3.63, 3.8) is 0 Å². The third-order valence-corrected chi connectivity index (χ3v) is 3.51. The molecule has 0 amide bonds. The van der Waals surface area contributed by atoms with Gasteiger partial charge < -0.3 is 5.11 Å². The highest BCUT2D eigenvalue weighted by molar-refractivity contribution is 7.99. The van der Waals surface area contributed by atoms with Crippen molar-refractivity contribution in [3.05, 3.63) is 29.3 Å². The van der Waals surface area contributed by atoms with Crippen molar-refractivity contribution in [2.45, 2.75) is 30.8 Å². The van der Waals surface area contributed by atoms with E-state index in [1.807, 2.05) is 31.7 Å². The molecule has 2 rings (SSSR count). The van der Waals surface area contributed by atoms with Crippen LogP contribution in [0.3, 0.4) is 0 Å². The molecule has 0 atom stereocenters. The first kappa shape index (κ1) is 9.10. The van der Waals surface area contributed by atoms with Gasteiger partial charge in [0.1, 0.15) is 0 Å². The van der Waals surface area contributed by atoms with Gasteiger partial charge in [0, 0.05) is 10.6 Å². The molecule has 0 radical (unpaired) electrons. The molecule has 1 aliphatic rings. The zero-order valence-electron chi connectivity index (χ0n) is 8.00. The van der Waals surface area contributed by atoms with Gasteiger partial charge in [0.05, 0.1) is 5.60 Å². The summed E-state index contributed by atoms with van der Waals surface area (Å²) in [5.41, 5.74) is 1.71. The van der Waals surface area contributed by atoms with Crippen LogP contribution in [0.15, 0.2) is 23.1 Å². The zero-order chi connectivity index (χ0) is 9.47. The molecule has 0 unspecified atom stereocenters. The summed E-state index contributed by atoms with van der Waals surface area (Å²) < 4.78 is 0. The lowest BCUT2D eigenvalue weighted by molar-refractivity contribution is 0.0784. The molecular weight excluding hydrogens is 180 g/mol. The van der Waals surface area contributed by atoms with Gasteiger partial charge in [-0.2, -0.15) is 0 Å². The minimum absolute atomic E-state index is 0.706. The van der Waals surface area contributed by atoms with E-state index < -0.39 is 5.60 Å². The predicted molar refractivity (Wildman–Crippen MR) is 56.1 cm³/mol. The fourth-order valence-corrected chi connectivity index (χ4v) is 2.62. The Morgan fingerprint density at radius 1 is 1.38 bits per heavy atom. The standard InChI is InChI=1S/C11H14OS/c1-11(2,12)9-3-4-10-8(7-9)5-6-13-10/h3-4,7,12H,5-6H2,1-2H3. The van der Waals surface area contributed by atoms with Crippen LogP contribution in [0.2, 0.25) is 0 Å². The summed E-state index contributed by atoms with van der Waals surface area (Å²) in [6, 6.07) is 6.28. The van der Waals surface area contributed by atoms with E-state index >= 15 is 0 Å². The van der Waals surface area contributed by atoms with E-state index in [4.69, 9.17) is 0 Å². The summed E-state index contributed by atoms with van der Waals surface area (Å²) in [7, 11) is 0. The van der Waals surface area contributed by atoms with Crippen LogP contribution < -0.4 is 0 Å². The van der Waals surface area contributed by atoms with E-state index in [1.54, 1.807) is 0 Å². The Morgan fingerprint density at radius 2 is 2.15 bits per heavy atom. The van der Waals surface area contributed by atoms with Crippen LogP contribution in [0.1, 0.15) is 25.0 Å². The number of rotatable bonds is 1. The van der Waals surface area contributed by atoms with Crippen molar-refractivity contribution < 1.29 is 5.11 Å². The highest BCUT2D eigenvalue weighted by atomic mass is 32.2. The maximum absolute atomic E-state index is 9.81. The summed E-state index contributed by atoms with van der Waals surface area (Å²) >= 11 is 1.91. The van der Waals surface area contributed by atoms with Gasteiger partial charge in [-0.3, -0.25) is 0 Å². The second-order valence-corrected chi connectivity index (χ2v) is 5.12. The SMILES string of the molecule is CC(C)(O)c1ccc2c(c1)CCS2. The molecule has 1 aromatic rings. The Bertz CT molecular complexity index is 325. The van der Waals surface area contributed by atoms with Gasteiger partial charge in [-0.25, -0.2) is 0 Å². The van der Waals surface area contributed by atoms with Crippen molar-refractivity contribution in [1.82, 2.24) is 0 Å². The summed E-state index contributed by atoms with van der Waals surface area (Å²) in [6.07, 6.45) is 1.14. The van der Waals surface area contributed by atoms with Gasteiger partial charge in [0.25, 0.3) is 0 Å². The Labute approximate surface area is 83.2 Å². The van der Waals surface area contributed by atoms with E-state index in [9.17, 15) is 5.11 Å². The molecule has 0 bridgehead atoms. The average molecular weight is 194 g/mol. The number of hydrogen-bond acceptors (Lipinski definition) is 2. The van der Waals surface area contributed by atoms with Crippen molar-refractivity contribution >= 4 is 11.8 Å². The highest BCUT2D eigenvalue weighted by Crippen LogP contribution is 2.33. The predicted octanol–water partition coefficient (Wildman–Crippen LogP) is 2.56. The molecule has 1 aromatic carbocycles. The number of fused-ring (bicyclic) bond motifs is 1. The van der Waals surface area contributed by atoms with Crippen molar-refractivity contribution in [3.8, 4) is 0 Å². The van der Waals surface area contributed by atoms with Crippen molar-refractivity contribution in [2.75, 3.05) is 5.75 Å². The lowest BCUT2D eigenvalue weighted by Crippen LogP contribution is -2.15. The lowest BCUT2D eigenvalue weighted by Gasteiger charge is -2.18. The third kappa shape index (κ3) is 1.74. The quantitative estimate of drug-likeness (QED) is 0.741. The van der Waals surface area contributed by atoms with Gasteiger partial charge in [-0.15, -0.1) is 11.8 Å². The molecule has 13 heavy (non-hydrogen) atoms. The molecule has 1 N–H and O–H groups in total. The fraction of sp³-hybridized carbons (Fsp3) is 0.455. The van der Waals surface area contributed by atoms with E-state index in [2.05, 4.69) is 12.1 Å². The highest BCUT2D eigenvalue weighted by Gasteiger charge is 2.19. The van der Waals surface area contributed by atoms with Gasteiger partial charge >= 0.3 is 0 Å². The fourth-order valence-electron chi connectivity index (χ4n) is 1.57. The van der Waals surface area contributed by atoms with Gasteiger partial charge in [0.2, 0.25) is 0 Å². The molecule has 1 aliphatic heterocycles. The van der Waals surface area contributed by atoms with Crippen molar-refractivity contribution in [1.29, 1.82) is 0 Å². The van der Waals surface area contributed by atoms with Gasteiger partial charge in [0.15, 0.2) is 0 Å². The van der Waals surface area contributed by atoms with Crippen LogP contribution in [-0.2, 0) is 12.0 Å². The number of benzene rings is 1. The molecule has 1 nitrogen and oxygen atoms in total. The van der Waals surface area contributed by atoms with Crippen LogP contribution in [0, 0.1) is 0 Å². The molecule has 70 valence electrons. The topological polar surface area (TPSA) is 20.2 Å². The Balaban J connectivity index is 2.42. The first-order valence-corrected chi connectivity index (χ1v) is 5.54. The number of aryl methyl sites for hydroxylation is 1. The van der Waals surface area contributed by atoms with Crippen LogP contribution in [0.25, 0.3) is 0 Å². The van der Waals surface area contributed by atoms with E-state index in [1.165, 1.54) is 16.2 Å².